The van der Waals surface area contributed by atoms with Crippen LogP contribution < -0.4 is 0 Å². The zero-order valence-electron chi connectivity index (χ0n) is 13.3. The van der Waals surface area contributed by atoms with Gasteiger partial charge in [-0.2, -0.15) is 0 Å². The highest BCUT2D eigenvalue weighted by atomic mass is 15.2. The van der Waals surface area contributed by atoms with Gasteiger partial charge in [-0.1, -0.05) is 41.0 Å². The Morgan fingerprint density at radius 1 is 0.833 bits per heavy atom. The third-order valence-corrected chi connectivity index (χ3v) is 5.06. The van der Waals surface area contributed by atoms with Gasteiger partial charge in [-0.05, 0) is 62.4 Å². The van der Waals surface area contributed by atoms with Gasteiger partial charge in [-0.15, -0.1) is 0 Å². The van der Waals surface area contributed by atoms with Crippen molar-refractivity contribution in [1.29, 1.82) is 0 Å². The largest absolute Gasteiger partial charge is 0.298 e. The topological polar surface area (TPSA) is 3.24 Å². The van der Waals surface area contributed by atoms with Crippen LogP contribution in [0.3, 0.4) is 0 Å². The number of hydrogen-bond donors (Lipinski definition) is 0. The lowest BCUT2D eigenvalue weighted by atomic mass is 9.57. The second-order valence-electron chi connectivity index (χ2n) is 8.53. The van der Waals surface area contributed by atoms with Crippen molar-refractivity contribution in [3.63, 3.8) is 0 Å². The van der Waals surface area contributed by atoms with E-state index in [1.807, 2.05) is 0 Å². The predicted octanol–water partition coefficient (Wildman–Crippen LogP) is 4.86. The van der Waals surface area contributed by atoms with Crippen LogP contribution in [-0.4, -0.2) is 23.5 Å². The van der Waals surface area contributed by atoms with Crippen molar-refractivity contribution in [2.24, 2.45) is 10.8 Å². The number of likely N-dealkylation sites (tertiary alicyclic amines) is 1. The lowest BCUT2D eigenvalue weighted by Gasteiger charge is -2.56. The molecule has 1 nitrogen and oxygen atoms in total. The molecule has 106 valence electrons. The first-order chi connectivity index (χ1) is 8.29. The van der Waals surface area contributed by atoms with Gasteiger partial charge in [0.2, 0.25) is 0 Å². The summed E-state index contributed by atoms with van der Waals surface area (Å²) in [6.07, 6.45) is 9.80. The Bertz CT molecular complexity index is 268. The van der Waals surface area contributed by atoms with Crippen molar-refractivity contribution < 1.29 is 0 Å². The van der Waals surface area contributed by atoms with Gasteiger partial charge in [0.1, 0.15) is 0 Å². The molecule has 0 N–H and O–H groups in total. The van der Waals surface area contributed by atoms with E-state index in [0.717, 1.165) is 0 Å². The highest BCUT2D eigenvalue weighted by Crippen LogP contribution is 2.54. The van der Waals surface area contributed by atoms with Gasteiger partial charge in [0.15, 0.2) is 0 Å². The van der Waals surface area contributed by atoms with E-state index in [-0.39, 0.29) is 0 Å². The van der Waals surface area contributed by atoms with Crippen LogP contribution in [0.1, 0.15) is 79.6 Å². The van der Waals surface area contributed by atoms with E-state index in [1.54, 1.807) is 0 Å². The Morgan fingerprint density at radius 2 is 1.33 bits per heavy atom. The minimum absolute atomic E-state index is 0.510. The monoisotopic (exact) mass is 251 g/mol. The first-order valence-electron chi connectivity index (χ1n) is 8.04. The molecule has 1 saturated carbocycles. The lowest BCUT2D eigenvalue weighted by Crippen LogP contribution is -2.56. The van der Waals surface area contributed by atoms with Gasteiger partial charge in [0, 0.05) is 5.54 Å². The standard InChI is InChI=1S/C17H33N/c1-6-9-17(18-10-7-8-11-18)13-15(2,3)12-16(4,5)14-17/h6-14H2,1-5H3. The van der Waals surface area contributed by atoms with Gasteiger partial charge in [0.05, 0.1) is 0 Å². The quantitative estimate of drug-likeness (QED) is 0.692. The molecular formula is C17H33N. The number of hydrogen-bond acceptors (Lipinski definition) is 1. The Morgan fingerprint density at radius 3 is 1.78 bits per heavy atom. The average Bonchev–Trinajstić information content (AvgIpc) is 2.64. The van der Waals surface area contributed by atoms with Crippen LogP contribution in [0, 0.1) is 10.8 Å². The maximum Gasteiger partial charge on any atom is 0.0219 e. The molecule has 0 aromatic heterocycles. The van der Waals surface area contributed by atoms with Crippen molar-refractivity contribution in [2.45, 2.75) is 85.1 Å². The summed E-state index contributed by atoms with van der Waals surface area (Å²) in [5.41, 5.74) is 1.54. The summed E-state index contributed by atoms with van der Waals surface area (Å²) >= 11 is 0. The Balaban J connectivity index is 2.27. The SMILES string of the molecule is CCCC1(N2CCCC2)CC(C)(C)CC(C)(C)C1. The average molecular weight is 251 g/mol. The molecule has 0 aromatic carbocycles. The van der Waals surface area contributed by atoms with E-state index in [2.05, 4.69) is 39.5 Å². The molecule has 1 saturated heterocycles. The van der Waals surface area contributed by atoms with Gasteiger partial charge >= 0.3 is 0 Å². The molecule has 1 aliphatic carbocycles. The first-order valence-corrected chi connectivity index (χ1v) is 8.04. The number of rotatable bonds is 3. The zero-order chi connectivity index (χ0) is 13.4. The number of nitrogens with zero attached hydrogens (tertiary/aromatic N) is 1. The summed E-state index contributed by atoms with van der Waals surface area (Å²) in [6.45, 7) is 15.1. The zero-order valence-corrected chi connectivity index (χ0v) is 13.3. The smallest absolute Gasteiger partial charge is 0.0219 e. The molecule has 0 atom stereocenters. The third kappa shape index (κ3) is 2.92. The van der Waals surface area contributed by atoms with Crippen LogP contribution >= 0.6 is 0 Å². The fourth-order valence-electron chi connectivity index (χ4n) is 5.48. The van der Waals surface area contributed by atoms with Crippen LogP contribution in [0.25, 0.3) is 0 Å². The molecule has 0 spiro atoms. The van der Waals surface area contributed by atoms with E-state index in [4.69, 9.17) is 0 Å². The van der Waals surface area contributed by atoms with E-state index >= 15 is 0 Å². The molecular weight excluding hydrogens is 218 g/mol. The summed E-state index contributed by atoms with van der Waals surface area (Å²) in [5, 5.41) is 0. The van der Waals surface area contributed by atoms with Crippen LogP contribution in [0.15, 0.2) is 0 Å². The van der Waals surface area contributed by atoms with Crippen molar-refractivity contribution in [3.05, 3.63) is 0 Å². The summed E-state index contributed by atoms with van der Waals surface area (Å²) < 4.78 is 0. The minimum Gasteiger partial charge on any atom is -0.298 e. The molecule has 0 aromatic rings. The predicted molar refractivity (Wildman–Crippen MR) is 79.9 cm³/mol. The second-order valence-corrected chi connectivity index (χ2v) is 8.53. The van der Waals surface area contributed by atoms with Gasteiger partial charge < -0.3 is 0 Å². The summed E-state index contributed by atoms with van der Waals surface area (Å²) in [4.78, 5) is 2.86. The van der Waals surface area contributed by atoms with Crippen molar-refractivity contribution in [1.82, 2.24) is 4.90 Å². The molecule has 2 aliphatic rings. The van der Waals surface area contributed by atoms with E-state index in [1.165, 1.54) is 58.0 Å². The van der Waals surface area contributed by atoms with Crippen LogP contribution in [-0.2, 0) is 0 Å². The van der Waals surface area contributed by atoms with Gasteiger partial charge in [-0.25, -0.2) is 0 Å². The van der Waals surface area contributed by atoms with Crippen molar-refractivity contribution >= 4 is 0 Å². The summed E-state index contributed by atoms with van der Waals surface area (Å²) in [7, 11) is 0. The van der Waals surface area contributed by atoms with E-state index < -0.39 is 0 Å². The lowest BCUT2D eigenvalue weighted by molar-refractivity contribution is -0.0440. The van der Waals surface area contributed by atoms with Gasteiger partial charge in [-0.3, -0.25) is 4.90 Å². The normalized spacial score (nSPS) is 30.5. The molecule has 1 heterocycles. The van der Waals surface area contributed by atoms with Crippen LogP contribution in [0.2, 0.25) is 0 Å². The molecule has 18 heavy (non-hydrogen) atoms. The molecule has 0 radical (unpaired) electrons. The van der Waals surface area contributed by atoms with Crippen LogP contribution in [0.5, 0.6) is 0 Å². The minimum atomic E-state index is 0.510. The van der Waals surface area contributed by atoms with E-state index in [9.17, 15) is 0 Å². The summed E-state index contributed by atoms with van der Waals surface area (Å²) in [5.74, 6) is 0. The van der Waals surface area contributed by atoms with Crippen molar-refractivity contribution in [2.75, 3.05) is 13.1 Å². The molecule has 2 fully saturated rings. The molecule has 1 heteroatoms. The van der Waals surface area contributed by atoms with E-state index in [0.29, 0.717) is 16.4 Å². The highest BCUT2D eigenvalue weighted by molar-refractivity contribution is 5.04. The highest BCUT2D eigenvalue weighted by Gasteiger charge is 2.49. The Labute approximate surface area is 114 Å². The Kier molecular flexibility index (Phi) is 3.84. The van der Waals surface area contributed by atoms with Crippen molar-refractivity contribution in [3.8, 4) is 0 Å². The molecule has 1 aliphatic heterocycles. The molecule has 0 unspecified atom stereocenters. The third-order valence-electron chi connectivity index (χ3n) is 5.06. The van der Waals surface area contributed by atoms with Gasteiger partial charge in [0.25, 0.3) is 0 Å². The maximum atomic E-state index is 2.86. The Hall–Kier alpha value is -0.0400. The fourth-order valence-corrected chi connectivity index (χ4v) is 5.48. The second kappa shape index (κ2) is 4.81. The first kappa shape index (κ1) is 14.4. The summed E-state index contributed by atoms with van der Waals surface area (Å²) in [6, 6.07) is 0. The fraction of sp³-hybridized carbons (Fsp3) is 1.00. The van der Waals surface area contributed by atoms with Crippen LogP contribution in [0.4, 0.5) is 0 Å². The maximum absolute atomic E-state index is 2.86. The molecule has 0 amide bonds. The molecule has 2 rings (SSSR count). The molecule has 0 bridgehead atoms.